The topological polar surface area (TPSA) is 55.9 Å². The molecule has 0 saturated carbocycles. The van der Waals surface area contributed by atoms with E-state index in [0.29, 0.717) is 0 Å². The van der Waals surface area contributed by atoms with Gasteiger partial charge < -0.3 is 0 Å². The normalized spacial score (nSPS) is 12.3. The van der Waals surface area contributed by atoms with E-state index in [4.69, 9.17) is 5.84 Å². The molecule has 0 aliphatic rings. The van der Waals surface area contributed by atoms with Crippen molar-refractivity contribution in [2.45, 2.75) is 19.4 Å². The van der Waals surface area contributed by atoms with Crippen molar-refractivity contribution in [3.8, 4) is 5.69 Å². The van der Waals surface area contributed by atoms with E-state index in [9.17, 15) is 0 Å². The van der Waals surface area contributed by atoms with Crippen molar-refractivity contribution in [2.75, 3.05) is 0 Å². The number of hydrogen-bond donors (Lipinski definition) is 2. The largest absolute Gasteiger partial charge is 0.271 e. The maximum Gasteiger partial charge on any atom is 0.0815 e. The first-order valence-electron chi connectivity index (χ1n) is 5.92. The van der Waals surface area contributed by atoms with Gasteiger partial charge in [-0.2, -0.15) is 5.10 Å². The molecule has 1 aromatic carbocycles. The van der Waals surface area contributed by atoms with E-state index in [1.807, 2.05) is 54.2 Å². The Hall–Kier alpha value is -1.91. The molecular weight excluding hydrogens is 224 g/mol. The van der Waals surface area contributed by atoms with E-state index in [0.717, 1.165) is 23.4 Å². The number of rotatable bonds is 5. The number of nitrogens with one attached hydrogen (secondary N) is 1. The lowest BCUT2D eigenvalue weighted by Crippen LogP contribution is -2.28. The predicted molar refractivity (Wildman–Crippen MR) is 73.1 cm³/mol. The van der Waals surface area contributed by atoms with E-state index >= 15 is 0 Å². The van der Waals surface area contributed by atoms with Crippen molar-refractivity contribution in [1.82, 2.24) is 15.2 Å². The average Bonchev–Trinajstić information content (AvgIpc) is 2.86. The maximum absolute atomic E-state index is 5.56. The molecule has 1 atom stereocenters. The molecule has 1 unspecified atom stereocenters. The molecule has 0 radical (unpaired) electrons. The van der Waals surface area contributed by atoms with Crippen molar-refractivity contribution in [2.24, 2.45) is 5.84 Å². The van der Waals surface area contributed by atoms with Crippen molar-refractivity contribution in [3.63, 3.8) is 0 Å². The molecular formula is C14H18N4. The highest BCUT2D eigenvalue weighted by atomic mass is 15.3. The molecule has 18 heavy (non-hydrogen) atoms. The van der Waals surface area contributed by atoms with Gasteiger partial charge in [0.05, 0.1) is 17.4 Å². The summed E-state index contributed by atoms with van der Waals surface area (Å²) in [6.07, 6.45) is 2.72. The smallest absolute Gasteiger partial charge is 0.0815 e. The minimum absolute atomic E-state index is 0.00691. The number of hydrazine groups is 1. The number of nitrogens with two attached hydrogens (primary N) is 1. The van der Waals surface area contributed by atoms with Crippen LogP contribution in [-0.2, 0) is 0 Å². The molecule has 0 spiro atoms. The van der Waals surface area contributed by atoms with Gasteiger partial charge in [-0.15, -0.1) is 6.58 Å². The Bertz CT molecular complexity index is 516. The summed E-state index contributed by atoms with van der Waals surface area (Å²) in [6, 6.07) is 12.0. The van der Waals surface area contributed by atoms with Crippen LogP contribution in [0, 0.1) is 0 Å². The molecule has 0 bridgehead atoms. The molecule has 94 valence electrons. The highest BCUT2D eigenvalue weighted by Crippen LogP contribution is 2.18. The van der Waals surface area contributed by atoms with Gasteiger partial charge in [0.15, 0.2) is 0 Å². The standard InChI is InChI=1S/C14H18N4/c1-11(2)10-14(16-15)13-8-9-18(17-13)12-6-4-3-5-7-12/h3-9,14,16H,1,10,15H2,2H3. The second kappa shape index (κ2) is 5.62. The Morgan fingerprint density at radius 1 is 1.39 bits per heavy atom. The Morgan fingerprint density at radius 3 is 2.72 bits per heavy atom. The molecule has 1 heterocycles. The molecule has 0 aliphatic heterocycles. The second-order valence-electron chi connectivity index (χ2n) is 4.40. The second-order valence-corrected chi connectivity index (χ2v) is 4.40. The van der Waals surface area contributed by atoms with Gasteiger partial charge in [0, 0.05) is 6.20 Å². The Kier molecular flexibility index (Phi) is 3.92. The van der Waals surface area contributed by atoms with Crippen molar-refractivity contribution in [3.05, 3.63) is 60.4 Å². The van der Waals surface area contributed by atoms with Crippen LogP contribution in [0.15, 0.2) is 54.7 Å². The summed E-state index contributed by atoms with van der Waals surface area (Å²) >= 11 is 0. The third kappa shape index (κ3) is 2.85. The lowest BCUT2D eigenvalue weighted by molar-refractivity contribution is 0.532. The van der Waals surface area contributed by atoms with Crippen LogP contribution in [0.5, 0.6) is 0 Å². The van der Waals surface area contributed by atoms with Crippen LogP contribution in [0.3, 0.4) is 0 Å². The monoisotopic (exact) mass is 242 g/mol. The SMILES string of the molecule is C=C(C)CC(NN)c1ccn(-c2ccccc2)n1. The summed E-state index contributed by atoms with van der Waals surface area (Å²) in [4.78, 5) is 0. The van der Waals surface area contributed by atoms with Crippen LogP contribution in [0.1, 0.15) is 25.1 Å². The van der Waals surface area contributed by atoms with Crippen molar-refractivity contribution >= 4 is 0 Å². The quantitative estimate of drug-likeness (QED) is 0.480. The van der Waals surface area contributed by atoms with Gasteiger partial charge in [-0.25, -0.2) is 4.68 Å². The van der Waals surface area contributed by atoms with E-state index < -0.39 is 0 Å². The number of nitrogens with zero attached hydrogens (tertiary/aromatic N) is 2. The summed E-state index contributed by atoms with van der Waals surface area (Å²) in [5.74, 6) is 5.56. The molecule has 0 aliphatic carbocycles. The van der Waals surface area contributed by atoms with Gasteiger partial charge in [0.2, 0.25) is 0 Å². The van der Waals surface area contributed by atoms with E-state index in [2.05, 4.69) is 17.1 Å². The lowest BCUT2D eigenvalue weighted by atomic mass is 10.1. The van der Waals surface area contributed by atoms with Crippen LogP contribution in [0.4, 0.5) is 0 Å². The van der Waals surface area contributed by atoms with Crippen molar-refractivity contribution in [1.29, 1.82) is 0 Å². The molecule has 0 fully saturated rings. The van der Waals surface area contributed by atoms with Gasteiger partial charge in [0.25, 0.3) is 0 Å². The van der Waals surface area contributed by atoms with E-state index in [1.165, 1.54) is 0 Å². The number of hydrogen-bond acceptors (Lipinski definition) is 3. The Morgan fingerprint density at radius 2 is 2.11 bits per heavy atom. The molecule has 4 nitrogen and oxygen atoms in total. The number of benzene rings is 1. The number of aromatic nitrogens is 2. The summed E-state index contributed by atoms with van der Waals surface area (Å²) in [6.45, 7) is 5.89. The molecule has 2 aromatic rings. The first kappa shape index (κ1) is 12.5. The van der Waals surface area contributed by atoms with Crippen LogP contribution in [-0.4, -0.2) is 9.78 Å². The van der Waals surface area contributed by atoms with Crippen LogP contribution >= 0.6 is 0 Å². The Balaban J connectivity index is 2.22. The fourth-order valence-electron chi connectivity index (χ4n) is 1.85. The fourth-order valence-corrected chi connectivity index (χ4v) is 1.85. The molecule has 0 amide bonds. The highest BCUT2D eigenvalue weighted by Gasteiger charge is 2.13. The average molecular weight is 242 g/mol. The molecule has 4 heteroatoms. The summed E-state index contributed by atoms with van der Waals surface area (Å²) in [5, 5.41) is 4.54. The predicted octanol–water partition coefficient (Wildman–Crippen LogP) is 2.34. The summed E-state index contributed by atoms with van der Waals surface area (Å²) in [7, 11) is 0. The molecule has 1 aromatic heterocycles. The van der Waals surface area contributed by atoms with Gasteiger partial charge in [0.1, 0.15) is 0 Å². The first-order valence-corrected chi connectivity index (χ1v) is 5.92. The first-order chi connectivity index (χ1) is 8.70. The Labute approximate surface area is 107 Å². The van der Waals surface area contributed by atoms with Crippen LogP contribution < -0.4 is 11.3 Å². The molecule has 0 saturated heterocycles. The minimum Gasteiger partial charge on any atom is -0.271 e. The molecule has 3 N–H and O–H groups in total. The highest BCUT2D eigenvalue weighted by molar-refractivity contribution is 5.30. The zero-order chi connectivity index (χ0) is 13.0. The minimum atomic E-state index is 0.00691. The summed E-state index contributed by atoms with van der Waals surface area (Å²) in [5.41, 5.74) is 5.81. The van der Waals surface area contributed by atoms with E-state index in [1.54, 1.807) is 0 Å². The van der Waals surface area contributed by atoms with Gasteiger partial charge in [-0.05, 0) is 31.5 Å². The zero-order valence-corrected chi connectivity index (χ0v) is 10.5. The summed E-state index contributed by atoms with van der Waals surface area (Å²) < 4.78 is 1.85. The lowest BCUT2D eigenvalue weighted by Gasteiger charge is -2.13. The zero-order valence-electron chi connectivity index (χ0n) is 10.5. The van der Waals surface area contributed by atoms with Crippen LogP contribution in [0.25, 0.3) is 5.69 Å². The third-order valence-corrected chi connectivity index (χ3v) is 2.74. The number of para-hydroxylation sites is 1. The van der Waals surface area contributed by atoms with Gasteiger partial charge in [-0.1, -0.05) is 23.8 Å². The maximum atomic E-state index is 5.56. The fraction of sp³-hybridized carbons (Fsp3) is 0.214. The molecule has 2 rings (SSSR count). The van der Waals surface area contributed by atoms with E-state index in [-0.39, 0.29) is 6.04 Å². The van der Waals surface area contributed by atoms with Gasteiger partial charge in [-0.3, -0.25) is 11.3 Å². The van der Waals surface area contributed by atoms with Gasteiger partial charge >= 0.3 is 0 Å². The van der Waals surface area contributed by atoms with Crippen molar-refractivity contribution < 1.29 is 0 Å². The third-order valence-electron chi connectivity index (χ3n) is 2.74. The van der Waals surface area contributed by atoms with Crippen LogP contribution in [0.2, 0.25) is 0 Å².